The van der Waals surface area contributed by atoms with Gasteiger partial charge in [0.2, 0.25) is 0 Å². The second-order valence-corrected chi connectivity index (χ2v) is 3.30. The summed E-state index contributed by atoms with van der Waals surface area (Å²) in [5.74, 6) is 0. The van der Waals surface area contributed by atoms with E-state index in [0.717, 1.165) is 10.9 Å². The summed E-state index contributed by atoms with van der Waals surface area (Å²) in [5.41, 5.74) is 2.23. The minimum absolute atomic E-state index is 0.112. The zero-order valence-corrected chi connectivity index (χ0v) is 7.62. The van der Waals surface area contributed by atoms with Crippen molar-refractivity contribution in [3.8, 4) is 0 Å². The lowest BCUT2D eigenvalue weighted by molar-refractivity contribution is 0.283. The monoisotopic (exact) mass is 172 g/mol. The van der Waals surface area contributed by atoms with E-state index in [0.29, 0.717) is 0 Å². The van der Waals surface area contributed by atoms with Crippen LogP contribution < -0.4 is 0 Å². The number of rotatable bonds is 1. The van der Waals surface area contributed by atoms with Crippen LogP contribution in [0, 0.1) is 6.92 Å². The second-order valence-electron chi connectivity index (χ2n) is 3.30. The predicted molar refractivity (Wildman–Crippen MR) is 54.6 cm³/mol. The van der Waals surface area contributed by atoms with Crippen molar-refractivity contribution in [1.82, 2.24) is 0 Å². The molecule has 0 aromatic heterocycles. The Labute approximate surface area is 77.6 Å². The molecule has 0 aliphatic rings. The van der Waals surface area contributed by atoms with Crippen molar-refractivity contribution in [2.45, 2.75) is 13.5 Å². The zero-order chi connectivity index (χ0) is 9.26. The summed E-state index contributed by atoms with van der Waals surface area (Å²) in [7, 11) is 0. The minimum Gasteiger partial charge on any atom is -0.392 e. The van der Waals surface area contributed by atoms with Gasteiger partial charge in [-0.2, -0.15) is 0 Å². The van der Waals surface area contributed by atoms with E-state index in [1.54, 1.807) is 0 Å². The van der Waals surface area contributed by atoms with Gasteiger partial charge in [0, 0.05) is 0 Å². The molecule has 0 amide bonds. The average Bonchev–Trinajstić information content (AvgIpc) is 2.17. The summed E-state index contributed by atoms with van der Waals surface area (Å²) in [6.07, 6.45) is 0. The van der Waals surface area contributed by atoms with Crippen molar-refractivity contribution >= 4 is 10.8 Å². The van der Waals surface area contributed by atoms with E-state index in [2.05, 4.69) is 31.2 Å². The molecule has 0 aliphatic carbocycles. The Morgan fingerprint density at radius 2 is 2.00 bits per heavy atom. The first-order valence-electron chi connectivity index (χ1n) is 4.40. The third-order valence-corrected chi connectivity index (χ3v) is 2.30. The molecule has 0 fully saturated rings. The van der Waals surface area contributed by atoms with Gasteiger partial charge < -0.3 is 5.11 Å². The highest BCUT2D eigenvalue weighted by molar-refractivity contribution is 5.86. The van der Waals surface area contributed by atoms with Crippen LogP contribution >= 0.6 is 0 Å². The maximum Gasteiger partial charge on any atom is 0.0687 e. The topological polar surface area (TPSA) is 20.2 Å². The number of aryl methyl sites for hydroxylation is 1. The van der Waals surface area contributed by atoms with Crippen LogP contribution in [-0.4, -0.2) is 5.11 Å². The van der Waals surface area contributed by atoms with Crippen LogP contribution in [-0.2, 0) is 6.61 Å². The molecule has 0 atom stereocenters. The number of hydrogen-bond acceptors (Lipinski definition) is 1. The second kappa shape index (κ2) is 3.19. The lowest BCUT2D eigenvalue weighted by Gasteiger charge is -2.04. The third kappa shape index (κ3) is 1.43. The summed E-state index contributed by atoms with van der Waals surface area (Å²) < 4.78 is 0. The largest absolute Gasteiger partial charge is 0.392 e. The SMILES string of the molecule is Cc1ccc2cccc(CO)c2c1. The van der Waals surface area contributed by atoms with E-state index in [4.69, 9.17) is 5.11 Å². The maximum absolute atomic E-state index is 9.13. The molecule has 0 saturated heterocycles. The zero-order valence-electron chi connectivity index (χ0n) is 7.62. The standard InChI is InChI=1S/C12H12O/c1-9-5-6-10-3-2-4-11(8-13)12(10)7-9/h2-7,13H,8H2,1H3. The molecular formula is C12H12O. The van der Waals surface area contributed by atoms with Gasteiger partial charge in [0.15, 0.2) is 0 Å². The lowest BCUT2D eigenvalue weighted by Crippen LogP contribution is -1.85. The van der Waals surface area contributed by atoms with Gasteiger partial charge in [-0.15, -0.1) is 0 Å². The van der Waals surface area contributed by atoms with Crippen molar-refractivity contribution < 1.29 is 5.11 Å². The molecule has 1 nitrogen and oxygen atoms in total. The van der Waals surface area contributed by atoms with Gasteiger partial charge in [-0.25, -0.2) is 0 Å². The van der Waals surface area contributed by atoms with Crippen molar-refractivity contribution in [1.29, 1.82) is 0 Å². The quantitative estimate of drug-likeness (QED) is 0.701. The summed E-state index contributed by atoms with van der Waals surface area (Å²) >= 11 is 0. The molecule has 0 radical (unpaired) electrons. The molecule has 2 rings (SSSR count). The van der Waals surface area contributed by atoms with Gasteiger partial charge in [0.1, 0.15) is 0 Å². The molecule has 13 heavy (non-hydrogen) atoms. The number of benzene rings is 2. The number of aliphatic hydroxyl groups is 1. The lowest BCUT2D eigenvalue weighted by atomic mass is 10.0. The van der Waals surface area contributed by atoms with Gasteiger partial charge in [-0.1, -0.05) is 42.0 Å². The van der Waals surface area contributed by atoms with E-state index < -0.39 is 0 Å². The summed E-state index contributed by atoms with van der Waals surface area (Å²) in [6.45, 7) is 2.17. The Hall–Kier alpha value is -1.34. The van der Waals surface area contributed by atoms with E-state index in [9.17, 15) is 0 Å². The molecular weight excluding hydrogens is 160 g/mol. The van der Waals surface area contributed by atoms with Crippen LogP contribution in [0.1, 0.15) is 11.1 Å². The van der Waals surface area contributed by atoms with Crippen LogP contribution in [0.5, 0.6) is 0 Å². The van der Waals surface area contributed by atoms with Crippen LogP contribution in [0.15, 0.2) is 36.4 Å². The van der Waals surface area contributed by atoms with Crippen LogP contribution in [0.2, 0.25) is 0 Å². The van der Waals surface area contributed by atoms with Gasteiger partial charge in [0.05, 0.1) is 6.61 Å². The Morgan fingerprint density at radius 3 is 2.77 bits per heavy atom. The van der Waals surface area contributed by atoms with Gasteiger partial charge in [0.25, 0.3) is 0 Å². The fourth-order valence-electron chi connectivity index (χ4n) is 1.59. The molecule has 0 spiro atoms. The Morgan fingerprint density at radius 1 is 1.15 bits per heavy atom. The van der Waals surface area contributed by atoms with E-state index >= 15 is 0 Å². The van der Waals surface area contributed by atoms with Crippen molar-refractivity contribution in [2.24, 2.45) is 0 Å². The van der Waals surface area contributed by atoms with Crippen molar-refractivity contribution in [3.05, 3.63) is 47.5 Å². The Kier molecular flexibility index (Phi) is 2.03. The smallest absolute Gasteiger partial charge is 0.0687 e. The van der Waals surface area contributed by atoms with Crippen molar-refractivity contribution in [3.63, 3.8) is 0 Å². The first-order chi connectivity index (χ1) is 6.31. The molecule has 66 valence electrons. The van der Waals surface area contributed by atoms with Crippen LogP contribution in [0.4, 0.5) is 0 Å². The highest BCUT2D eigenvalue weighted by Gasteiger charge is 1.98. The first-order valence-corrected chi connectivity index (χ1v) is 4.40. The fourth-order valence-corrected chi connectivity index (χ4v) is 1.59. The predicted octanol–water partition coefficient (Wildman–Crippen LogP) is 2.64. The third-order valence-electron chi connectivity index (χ3n) is 2.30. The summed E-state index contributed by atoms with van der Waals surface area (Å²) in [6, 6.07) is 12.3. The van der Waals surface area contributed by atoms with Gasteiger partial charge in [-0.05, 0) is 23.3 Å². The summed E-state index contributed by atoms with van der Waals surface area (Å²) in [5, 5.41) is 11.5. The highest BCUT2D eigenvalue weighted by atomic mass is 16.3. The number of fused-ring (bicyclic) bond motifs is 1. The van der Waals surface area contributed by atoms with Gasteiger partial charge in [-0.3, -0.25) is 0 Å². The number of hydrogen-bond donors (Lipinski definition) is 1. The molecule has 2 aromatic rings. The molecule has 1 N–H and O–H groups in total. The van der Waals surface area contributed by atoms with Crippen molar-refractivity contribution in [2.75, 3.05) is 0 Å². The van der Waals surface area contributed by atoms with Crippen LogP contribution in [0.3, 0.4) is 0 Å². The molecule has 1 heteroatoms. The average molecular weight is 172 g/mol. The van der Waals surface area contributed by atoms with Gasteiger partial charge >= 0.3 is 0 Å². The minimum atomic E-state index is 0.112. The molecule has 0 saturated carbocycles. The fraction of sp³-hybridized carbons (Fsp3) is 0.167. The first kappa shape index (κ1) is 8.27. The number of aliphatic hydroxyl groups excluding tert-OH is 1. The molecule has 2 aromatic carbocycles. The highest BCUT2D eigenvalue weighted by Crippen LogP contribution is 2.19. The molecule has 0 aliphatic heterocycles. The van der Waals surface area contributed by atoms with E-state index in [-0.39, 0.29) is 6.61 Å². The maximum atomic E-state index is 9.13. The van der Waals surface area contributed by atoms with E-state index in [1.165, 1.54) is 10.9 Å². The normalized spacial score (nSPS) is 10.6. The van der Waals surface area contributed by atoms with E-state index in [1.807, 2.05) is 12.1 Å². The van der Waals surface area contributed by atoms with Crippen LogP contribution in [0.25, 0.3) is 10.8 Å². The Balaban J connectivity index is 2.79. The molecule has 0 heterocycles. The summed E-state index contributed by atoms with van der Waals surface area (Å²) in [4.78, 5) is 0. The molecule has 0 unspecified atom stereocenters. The Bertz CT molecular complexity index is 432. The molecule has 0 bridgehead atoms.